The Morgan fingerprint density at radius 1 is 1.24 bits per heavy atom. The molecule has 0 bridgehead atoms. The van der Waals surface area contributed by atoms with Crippen molar-refractivity contribution in [3.8, 4) is 5.69 Å². The molecule has 25 heavy (non-hydrogen) atoms. The Hall–Kier alpha value is -3.16. The van der Waals surface area contributed by atoms with Crippen LogP contribution in [0.4, 0.5) is 14.9 Å². The van der Waals surface area contributed by atoms with E-state index in [2.05, 4.69) is 20.8 Å². The lowest BCUT2D eigenvalue weighted by Gasteiger charge is -2.05. The normalized spacial score (nSPS) is 10.9. The maximum absolute atomic E-state index is 13.0. The number of halogens is 1. The highest BCUT2D eigenvalue weighted by molar-refractivity contribution is 5.88. The minimum absolute atomic E-state index is 0.231. The van der Waals surface area contributed by atoms with Crippen molar-refractivity contribution in [2.75, 3.05) is 5.32 Å². The summed E-state index contributed by atoms with van der Waals surface area (Å²) in [6.07, 6.45) is 5.13. The largest absolute Gasteiger partial charge is 0.332 e. The number of aromatic nitrogens is 4. The number of amides is 2. The van der Waals surface area contributed by atoms with E-state index in [0.29, 0.717) is 11.4 Å². The number of carbonyl (C=O) groups excluding carboxylic acids is 1. The van der Waals surface area contributed by atoms with E-state index in [1.807, 2.05) is 13.8 Å². The fourth-order valence-electron chi connectivity index (χ4n) is 2.22. The van der Waals surface area contributed by atoms with Crippen molar-refractivity contribution in [3.63, 3.8) is 0 Å². The van der Waals surface area contributed by atoms with Crippen molar-refractivity contribution >= 4 is 11.7 Å². The second-order valence-electron chi connectivity index (χ2n) is 5.84. The van der Waals surface area contributed by atoms with Crippen LogP contribution in [-0.2, 0) is 6.54 Å². The molecule has 0 saturated heterocycles. The SMILES string of the molecule is CC(C)n1cc(NC(=O)NCc2ccn(-c3ccc(F)cc3)n2)cn1. The van der Waals surface area contributed by atoms with Gasteiger partial charge in [-0.05, 0) is 44.2 Å². The Bertz CT molecular complexity index is 852. The quantitative estimate of drug-likeness (QED) is 0.748. The highest BCUT2D eigenvalue weighted by Gasteiger charge is 2.07. The lowest BCUT2D eigenvalue weighted by Crippen LogP contribution is -2.28. The van der Waals surface area contributed by atoms with Gasteiger partial charge in [0.15, 0.2) is 0 Å². The van der Waals surface area contributed by atoms with Gasteiger partial charge in [-0.25, -0.2) is 13.9 Å². The van der Waals surface area contributed by atoms with Gasteiger partial charge < -0.3 is 10.6 Å². The fourth-order valence-corrected chi connectivity index (χ4v) is 2.22. The third kappa shape index (κ3) is 4.23. The summed E-state index contributed by atoms with van der Waals surface area (Å²) in [5, 5.41) is 14.0. The predicted octanol–water partition coefficient (Wildman–Crippen LogP) is 3.11. The molecule has 0 atom stereocenters. The first-order chi connectivity index (χ1) is 12.0. The molecule has 3 rings (SSSR count). The van der Waals surface area contributed by atoms with Gasteiger partial charge in [0.05, 0.1) is 29.8 Å². The van der Waals surface area contributed by atoms with Gasteiger partial charge in [-0.2, -0.15) is 10.2 Å². The van der Waals surface area contributed by atoms with Gasteiger partial charge in [0.1, 0.15) is 5.82 Å². The summed E-state index contributed by atoms with van der Waals surface area (Å²) in [6, 6.07) is 7.71. The summed E-state index contributed by atoms with van der Waals surface area (Å²) in [6.45, 7) is 4.29. The molecule has 2 N–H and O–H groups in total. The number of rotatable bonds is 5. The van der Waals surface area contributed by atoms with Gasteiger partial charge in [0.2, 0.25) is 0 Å². The van der Waals surface area contributed by atoms with E-state index in [4.69, 9.17) is 0 Å². The average Bonchev–Trinajstić information content (AvgIpc) is 3.23. The van der Waals surface area contributed by atoms with E-state index in [0.717, 1.165) is 5.69 Å². The first-order valence-electron chi connectivity index (χ1n) is 7.91. The Labute approximate surface area is 144 Å². The predicted molar refractivity (Wildman–Crippen MR) is 92.0 cm³/mol. The van der Waals surface area contributed by atoms with Gasteiger partial charge >= 0.3 is 6.03 Å². The van der Waals surface area contributed by atoms with Crippen molar-refractivity contribution in [2.24, 2.45) is 0 Å². The van der Waals surface area contributed by atoms with E-state index in [1.165, 1.54) is 12.1 Å². The van der Waals surface area contributed by atoms with Crippen LogP contribution in [0.5, 0.6) is 0 Å². The lowest BCUT2D eigenvalue weighted by molar-refractivity contribution is 0.251. The number of nitrogens with zero attached hydrogens (tertiary/aromatic N) is 4. The van der Waals surface area contributed by atoms with Crippen LogP contribution in [0.25, 0.3) is 5.69 Å². The lowest BCUT2D eigenvalue weighted by atomic mass is 10.3. The zero-order valence-electron chi connectivity index (χ0n) is 14.0. The molecule has 0 spiro atoms. The molecular formula is C17H19FN6O. The monoisotopic (exact) mass is 342 g/mol. The van der Waals surface area contributed by atoms with Crippen LogP contribution in [0.2, 0.25) is 0 Å². The molecule has 2 heterocycles. The molecule has 0 aliphatic rings. The summed E-state index contributed by atoms with van der Waals surface area (Å²) < 4.78 is 16.3. The van der Waals surface area contributed by atoms with Gasteiger partial charge in [-0.1, -0.05) is 0 Å². The van der Waals surface area contributed by atoms with Crippen LogP contribution < -0.4 is 10.6 Å². The van der Waals surface area contributed by atoms with Crippen LogP contribution >= 0.6 is 0 Å². The molecule has 0 radical (unpaired) electrons. The zero-order chi connectivity index (χ0) is 17.8. The van der Waals surface area contributed by atoms with Crippen LogP contribution in [0.15, 0.2) is 48.9 Å². The van der Waals surface area contributed by atoms with Crippen LogP contribution in [-0.4, -0.2) is 25.6 Å². The van der Waals surface area contributed by atoms with Gasteiger partial charge in [0.25, 0.3) is 0 Å². The Balaban J connectivity index is 1.54. The summed E-state index contributed by atoms with van der Waals surface area (Å²) >= 11 is 0. The molecule has 7 nitrogen and oxygen atoms in total. The molecule has 0 aliphatic heterocycles. The maximum atomic E-state index is 13.0. The molecule has 0 fully saturated rings. The highest BCUT2D eigenvalue weighted by atomic mass is 19.1. The number of carbonyl (C=O) groups is 1. The van der Waals surface area contributed by atoms with E-state index in [1.54, 1.807) is 46.2 Å². The van der Waals surface area contributed by atoms with Gasteiger partial charge in [-0.3, -0.25) is 4.68 Å². The molecule has 2 aromatic heterocycles. The smallest absolute Gasteiger partial charge is 0.319 e. The second kappa shape index (κ2) is 7.16. The van der Waals surface area contributed by atoms with E-state index < -0.39 is 0 Å². The highest BCUT2D eigenvalue weighted by Crippen LogP contribution is 2.10. The number of anilines is 1. The third-order valence-electron chi connectivity index (χ3n) is 3.55. The third-order valence-corrected chi connectivity index (χ3v) is 3.55. The standard InChI is InChI=1S/C17H19FN6O/c1-12(2)24-11-15(10-20-24)21-17(25)19-9-14-7-8-23(22-14)16-5-3-13(18)4-6-16/h3-8,10-12H,9H2,1-2H3,(H2,19,21,25). The molecular weight excluding hydrogens is 323 g/mol. The number of urea groups is 1. The van der Waals surface area contributed by atoms with E-state index >= 15 is 0 Å². The molecule has 0 aliphatic carbocycles. The van der Waals surface area contributed by atoms with Crippen molar-refractivity contribution in [2.45, 2.75) is 26.4 Å². The van der Waals surface area contributed by atoms with E-state index in [-0.39, 0.29) is 24.4 Å². The van der Waals surface area contributed by atoms with Gasteiger partial charge in [-0.15, -0.1) is 0 Å². The fraction of sp³-hybridized carbons (Fsp3) is 0.235. The van der Waals surface area contributed by atoms with Crippen LogP contribution in [0.3, 0.4) is 0 Å². The van der Waals surface area contributed by atoms with Crippen LogP contribution in [0, 0.1) is 5.82 Å². The molecule has 2 amide bonds. The molecule has 0 saturated carbocycles. The summed E-state index contributed by atoms with van der Waals surface area (Å²) in [7, 11) is 0. The van der Waals surface area contributed by atoms with Crippen LogP contribution in [0.1, 0.15) is 25.6 Å². The summed E-state index contributed by atoms with van der Waals surface area (Å²) in [5.74, 6) is -0.296. The minimum Gasteiger partial charge on any atom is -0.332 e. The Kier molecular flexibility index (Phi) is 4.78. The number of hydrogen-bond donors (Lipinski definition) is 2. The molecule has 130 valence electrons. The maximum Gasteiger partial charge on any atom is 0.319 e. The summed E-state index contributed by atoms with van der Waals surface area (Å²) in [5.41, 5.74) is 2.07. The minimum atomic E-state index is -0.334. The molecule has 3 aromatic rings. The molecule has 0 unspecified atom stereocenters. The first-order valence-corrected chi connectivity index (χ1v) is 7.91. The molecule has 1 aromatic carbocycles. The zero-order valence-corrected chi connectivity index (χ0v) is 14.0. The Morgan fingerprint density at radius 2 is 2.00 bits per heavy atom. The van der Waals surface area contributed by atoms with Crippen molar-refractivity contribution < 1.29 is 9.18 Å². The van der Waals surface area contributed by atoms with E-state index in [9.17, 15) is 9.18 Å². The molecule has 8 heteroatoms. The van der Waals surface area contributed by atoms with Gasteiger partial charge in [0, 0.05) is 18.4 Å². The first kappa shape index (κ1) is 16.7. The summed E-state index contributed by atoms with van der Waals surface area (Å²) in [4.78, 5) is 11.9. The van der Waals surface area contributed by atoms with Crippen molar-refractivity contribution in [3.05, 3.63) is 60.4 Å². The number of nitrogens with one attached hydrogen (secondary N) is 2. The van der Waals surface area contributed by atoms with Crippen molar-refractivity contribution in [1.82, 2.24) is 24.9 Å². The number of benzene rings is 1. The topological polar surface area (TPSA) is 76.8 Å². The average molecular weight is 342 g/mol. The number of hydrogen-bond acceptors (Lipinski definition) is 3. The van der Waals surface area contributed by atoms with Crippen molar-refractivity contribution in [1.29, 1.82) is 0 Å². The Morgan fingerprint density at radius 3 is 2.68 bits per heavy atom. The second-order valence-corrected chi connectivity index (χ2v) is 5.84.